The highest BCUT2D eigenvalue weighted by molar-refractivity contribution is 5.43. The van der Waals surface area contributed by atoms with Crippen LogP contribution in [0.15, 0.2) is 18.2 Å². The first-order valence-corrected chi connectivity index (χ1v) is 10.3. The van der Waals surface area contributed by atoms with Crippen LogP contribution in [-0.2, 0) is 11.3 Å². The average molecular weight is 376 g/mol. The summed E-state index contributed by atoms with van der Waals surface area (Å²) in [7, 11) is 3.98. The van der Waals surface area contributed by atoms with Crippen LogP contribution in [-0.4, -0.2) is 94.0 Å². The first-order valence-electron chi connectivity index (χ1n) is 10.3. The zero-order valence-corrected chi connectivity index (χ0v) is 16.7. The van der Waals surface area contributed by atoms with Gasteiger partial charge in [0.1, 0.15) is 6.61 Å². The molecule has 0 aromatic heterocycles. The van der Waals surface area contributed by atoms with Crippen LogP contribution in [0.25, 0.3) is 0 Å². The Bertz CT molecular complexity index is 621. The van der Waals surface area contributed by atoms with E-state index < -0.39 is 0 Å². The van der Waals surface area contributed by atoms with Gasteiger partial charge in [-0.05, 0) is 43.6 Å². The van der Waals surface area contributed by atoms with E-state index in [2.05, 4.69) is 33.9 Å². The summed E-state index contributed by atoms with van der Waals surface area (Å²) in [5.74, 6) is 2.52. The molecule has 2 atom stereocenters. The molecule has 0 radical (unpaired) electrons. The summed E-state index contributed by atoms with van der Waals surface area (Å²) >= 11 is 0. The van der Waals surface area contributed by atoms with Crippen LogP contribution in [0.4, 0.5) is 0 Å². The number of fused-ring (bicyclic) bond motifs is 1. The van der Waals surface area contributed by atoms with Crippen molar-refractivity contribution in [3.8, 4) is 11.5 Å². The summed E-state index contributed by atoms with van der Waals surface area (Å²) in [6.45, 7) is 9.89. The fourth-order valence-corrected chi connectivity index (χ4v) is 4.69. The number of rotatable bonds is 7. The van der Waals surface area contributed by atoms with E-state index in [0.29, 0.717) is 6.61 Å². The summed E-state index contributed by atoms with van der Waals surface area (Å²) in [5.41, 5.74) is 1.31. The van der Waals surface area contributed by atoms with E-state index in [0.717, 1.165) is 62.9 Å². The third kappa shape index (κ3) is 4.57. The number of hydrogen-bond acceptors (Lipinski definition) is 6. The largest absolute Gasteiger partial charge is 0.493 e. The van der Waals surface area contributed by atoms with E-state index in [9.17, 15) is 0 Å². The normalized spacial score (nSPS) is 27.0. The van der Waals surface area contributed by atoms with Crippen molar-refractivity contribution in [2.75, 3.05) is 73.2 Å². The molecule has 0 amide bonds. The van der Waals surface area contributed by atoms with E-state index >= 15 is 0 Å². The molecule has 0 aliphatic carbocycles. The van der Waals surface area contributed by atoms with E-state index in [1.807, 2.05) is 6.07 Å². The lowest BCUT2D eigenvalue weighted by Crippen LogP contribution is -2.38. The zero-order chi connectivity index (χ0) is 18.6. The molecule has 0 bridgehead atoms. The summed E-state index contributed by atoms with van der Waals surface area (Å²) in [5, 5.41) is 0. The highest BCUT2D eigenvalue weighted by Gasteiger charge is 2.39. The Labute approximate surface area is 163 Å². The van der Waals surface area contributed by atoms with Crippen molar-refractivity contribution in [3.05, 3.63) is 23.8 Å². The summed E-state index contributed by atoms with van der Waals surface area (Å²) in [6.07, 6.45) is 1.34. The lowest BCUT2D eigenvalue weighted by atomic mass is 10.1. The Hall–Kier alpha value is -1.34. The van der Waals surface area contributed by atoms with Gasteiger partial charge >= 0.3 is 0 Å². The second-order valence-electron chi connectivity index (χ2n) is 8.08. The maximum absolute atomic E-state index is 6.09. The second kappa shape index (κ2) is 8.78. The van der Waals surface area contributed by atoms with Gasteiger partial charge in [0, 0.05) is 45.3 Å². The van der Waals surface area contributed by atoms with Crippen molar-refractivity contribution in [2.24, 2.45) is 5.92 Å². The molecule has 150 valence electrons. The molecule has 1 aromatic carbocycles. The highest BCUT2D eigenvalue weighted by Crippen LogP contribution is 2.33. The molecule has 0 N–H and O–H groups in total. The predicted octanol–water partition coefficient (Wildman–Crippen LogP) is 1.54. The number of likely N-dealkylation sites (tertiary alicyclic amines) is 2. The van der Waals surface area contributed by atoms with E-state index in [4.69, 9.17) is 14.2 Å². The molecule has 3 heterocycles. The summed E-state index contributed by atoms with van der Waals surface area (Å²) in [4.78, 5) is 7.50. The Morgan fingerprint density at radius 3 is 2.70 bits per heavy atom. The Kier molecular flexibility index (Phi) is 6.18. The molecule has 0 saturated carbocycles. The van der Waals surface area contributed by atoms with Gasteiger partial charge in [0.15, 0.2) is 11.5 Å². The lowest BCUT2D eigenvalue weighted by Gasteiger charge is -2.26. The SMILES string of the molecule is COc1ccc(CN2C[C@@H]3CCN(C)[C@@H]3C2)cc1OCCN1CCOCC1. The Morgan fingerprint density at radius 1 is 1.07 bits per heavy atom. The van der Waals surface area contributed by atoms with Gasteiger partial charge in [-0.2, -0.15) is 0 Å². The van der Waals surface area contributed by atoms with Crippen LogP contribution >= 0.6 is 0 Å². The first-order chi connectivity index (χ1) is 13.2. The molecular formula is C21H33N3O3. The fourth-order valence-electron chi connectivity index (χ4n) is 4.69. The van der Waals surface area contributed by atoms with Crippen molar-refractivity contribution in [1.82, 2.24) is 14.7 Å². The zero-order valence-electron chi connectivity index (χ0n) is 16.7. The molecule has 6 heteroatoms. The Morgan fingerprint density at radius 2 is 1.93 bits per heavy atom. The number of likely N-dealkylation sites (N-methyl/N-ethyl adjacent to an activating group) is 1. The molecule has 4 rings (SSSR count). The van der Waals surface area contributed by atoms with Crippen molar-refractivity contribution in [3.63, 3.8) is 0 Å². The molecule has 0 spiro atoms. The summed E-state index contributed by atoms with van der Waals surface area (Å²) < 4.78 is 17.0. The number of hydrogen-bond donors (Lipinski definition) is 0. The number of morpholine rings is 1. The van der Waals surface area contributed by atoms with E-state index in [1.165, 1.54) is 31.6 Å². The smallest absolute Gasteiger partial charge is 0.161 e. The molecule has 3 fully saturated rings. The predicted molar refractivity (Wildman–Crippen MR) is 106 cm³/mol. The number of benzene rings is 1. The quantitative estimate of drug-likeness (QED) is 0.720. The van der Waals surface area contributed by atoms with Crippen LogP contribution < -0.4 is 9.47 Å². The molecule has 3 saturated heterocycles. The first kappa shape index (κ1) is 19.0. The van der Waals surface area contributed by atoms with Crippen LogP contribution in [0.2, 0.25) is 0 Å². The minimum absolute atomic E-state index is 0.679. The number of ether oxygens (including phenoxy) is 3. The molecule has 0 unspecified atom stereocenters. The third-order valence-corrected chi connectivity index (χ3v) is 6.30. The molecule has 27 heavy (non-hydrogen) atoms. The van der Waals surface area contributed by atoms with Crippen LogP contribution in [0.3, 0.4) is 0 Å². The Balaban J connectivity index is 1.33. The topological polar surface area (TPSA) is 37.4 Å². The highest BCUT2D eigenvalue weighted by atomic mass is 16.5. The monoisotopic (exact) mass is 375 g/mol. The lowest BCUT2D eigenvalue weighted by molar-refractivity contribution is 0.0321. The van der Waals surface area contributed by atoms with Crippen LogP contribution in [0.1, 0.15) is 12.0 Å². The van der Waals surface area contributed by atoms with E-state index in [1.54, 1.807) is 7.11 Å². The third-order valence-electron chi connectivity index (χ3n) is 6.30. The minimum Gasteiger partial charge on any atom is -0.493 e. The van der Waals surface area contributed by atoms with Gasteiger partial charge in [-0.3, -0.25) is 9.80 Å². The minimum atomic E-state index is 0.679. The molecule has 6 nitrogen and oxygen atoms in total. The summed E-state index contributed by atoms with van der Waals surface area (Å²) in [6, 6.07) is 7.12. The van der Waals surface area contributed by atoms with Crippen molar-refractivity contribution in [1.29, 1.82) is 0 Å². The van der Waals surface area contributed by atoms with Gasteiger partial charge in [-0.25, -0.2) is 0 Å². The van der Waals surface area contributed by atoms with Gasteiger partial charge in [-0.1, -0.05) is 6.07 Å². The standard InChI is InChI=1S/C21H33N3O3/c1-22-6-5-18-15-24(16-19(18)22)14-17-3-4-20(25-2)21(13-17)27-12-9-23-7-10-26-11-8-23/h3-4,13,18-19H,5-12,14-16H2,1-2H3/t18-,19+/m0/s1. The molecule has 3 aliphatic heterocycles. The van der Waals surface area contributed by atoms with Crippen LogP contribution in [0, 0.1) is 5.92 Å². The van der Waals surface area contributed by atoms with Crippen molar-refractivity contribution >= 4 is 0 Å². The van der Waals surface area contributed by atoms with Gasteiger partial charge in [0.2, 0.25) is 0 Å². The maximum Gasteiger partial charge on any atom is 0.161 e. The molecular weight excluding hydrogens is 342 g/mol. The number of methoxy groups -OCH3 is 1. The van der Waals surface area contributed by atoms with Crippen LogP contribution in [0.5, 0.6) is 11.5 Å². The maximum atomic E-state index is 6.09. The fraction of sp³-hybridized carbons (Fsp3) is 0.714. The van der Waals surface area contributed by atoms with Gasteiger partial charge in [0.25, 0.3) is 0 Å². The van der Waals surface area contributed by atoms with Gasteiger partial charge in [-0.15, -0.1) is 0 Å². The van der Waals surface area contributed by atoms with Gasteiger partial charge < -0.3 is 19.1 Å². The van der Waals surface area contributed by atoms with E-state index in [-0.39, 0.29) is 0 Å². The molecule has 3 aliphatic rings. The van der Waals surface area contributed by atoms with Gasteiger partial charge in [0.05, 0.1) is 20.3 Å². The average Bonchev–Trinajstić information content (AvgIpc) is 3.24. The molecule has 1 aromatic rings. The van der Waals surface area contributed by atoms with Crippen molar-refractivity contribution < 1.29 is 14.2 Å². The second-order valence-corrected chi connectivity index (χ2v) is 8.08. The number of nitrogens with zero attached hydrogens (tertiary/aromatic N) is 3. The van der Waals surface area contributed by atoms with Crippen molar-refractivity contribution in [2.45, 2.75) is 19.0 Å².